The Morgan fingerprint density at radius 2 is 1.96 bits per heavy atom. The van der Waals surface area contributed by atoms with Gasteiger partial charge in [0.1, 0.15) is 17.3 Å². The number of furan rings is 1. The third-order valence-electron chi connectivity index (χ3n) is 6.92. The molecule has 0 saturated carbocycles. The molecular formula is C23H38O4Si. The lowest BCUT2D eigenvalue weighted by atomic mass is 9.91. The molecule has 1 fully saturated rings. The van der Waals surface area contributed by atoms with E-state index in [2.05, 4.69) is 46.9 Å². The van der Waals surface area contributed by atoms with Crippen molar-refractivity contribution in [1.82, 2.24) is 0 Å². The van der Waals surface area contributed by atoms with E-state index in [9.17, 15) is 4.79 Å². The minimum Gasteiger partial charge on any atom is -0.466 e. The van der Waals surface area contributed by atoms with Gasteiger partial charge in [-0.3, -0.25) is 4.79 Å². The SMILES string of the molecule is CC1Cc2cc(CO[Si](C)(C)C(C)(C)C)c(o2)CCCC(=O)C2COC(C1)C2. The Kier molecular flexibility index (Phi) is 6.57. The van der Waals surface area contributed by atoms with Crippen LogP contribution in [-0.2, 0) is 33.4 Å². The molecule has 4 bridgehead atoms. The Labute approximate surface area is 171 Å². The first-order chi connectivity index (χ1) is 13.0. The number of carbonyl (C=O) groups excluding carboxylic acids is 1. The van der Waals surface area contributed by atoms with E-state index >= 15 is 0 Å². The van der Waals surface area contributed by atoms with E-state index < -0.39 is 8.32 Å². The van der Waals surface area contributed by atoms with Crippen molar-refractivity contribution in [3.63, 3.8) is 0 Å². The molecule has 2 aliphatic heterocycles. The second-order valence-corrected chi connectivity index (χ2v) is 15.3. The molecule has 0 spiro atoms. The van der Waals surface area contributed by atoms with E-state index in [0.29, 0.717) is 31.3 Å². The van der Waals surface area contributed by atoms with Crippen molar-refractivity contribution in [2.45, 2.75) is 97.1 Å². The predicted molar refractivity (Wildman–Crippen MR) is 114 cm³/mol. The summed E-state index contributed by atoms with van der Waals surface area (Å²) in [7, 11) is -1.81. The number of rotatable bonds is 3. The summed E-state index contributed by atoms with van der Waals surface area (Å²) in [6.45, 7) is 14.9. The maximum atomic E-state index is 12.5. The number of Topliss-reactive ketones (excluding diaryl/α,β-unsaturated/α-hetero) is 1. The van der Waals surface area contributed by atoms with Gasteiger partial charge in [0.15, 0.2) is 8.32 Å². The minimum atomic E-state index is -1.81. The Hall–Kier alpha value is -0.913. The largest absolute Gasteiger partial charge is 0.466 e. The van der Waals surface area contributed by atoms with Gasteiger partial charge in [0.25, 0.3) is 0 Å². The first-order valence-corrected chi connectivity index (χ1v) is 13.8. The number of hydrogen-bond acceptors (Lipinski definition) is 4. The lowest BCUT2D eigenvalue weighted by molar-refractivity contribution is -0.122. The summed E-state index contributed by atoms with van der Waals surface area (Å²) >= 11 is 0. The topological polar surface area (TPSA) is 48.7 Å². The van der Waals surface area contributed by atoms with Gasteiger partial charge in [-0.1, -0.05) is 27.7 Å². The second-order valence-electron chi connectivity index (χ2n) is 10.5. The second kappa shape index (κ2) is 8.45. The number of hydrogen-bond donors (Lipinski definition) is 0. The average molecular weight is 407 g/mol. The van der Waals surface area contributed by atoms with Crippen molar-refractivity contribution in [1.29, 1.82) is 0 Å². The fourth-order valence-corrected chi connectivity index (χ4v) is 4.98. The van der Waals surface area contributed by atoms with Crippen LogP contribution in [0.4, 0.5) is 0 Å². The Bertz CT molecular complexity index is 685. The highest BCUT2D eigenvalue weighted by Crippen LogP contribution is 2.37. The highest BCUT2D eigenvalue weighted by molar-refractivity contribution is 6.74. The quantitative estimate of drug-likeness (QED) is 0.606. The molecule has 5 heteroatoms. The van der Waals surface area contributed by atoms with Gasteiger partial charge in [-0.05, 0) is 49.4 Å². The molecule has 1 aromatic heterocycles. The first-order valence-electron chi connectivity index (χ1n) is 10.9. The fourth-order valence-electron chi connectivity index (χ4n) is 4.03. The lowest BCUT2D eigenvalue weighted by Gasteiger charge is -2.36. The van der Waals surface area contributed by atoms with Crippen LogP contribution in [0.25, 0.3) is 0 Å². The van der Waals surface area contributed by atoms with Crippen LogP contribution in [0.1, 0.15) is 70.5 Å². The summed E-state index contributed by atoms with van der Waals surface area (Å²) in [4.78, 5) is 12.5. The number of carbonyl (C=O) groups is 1. The molecule has 0 aliphatic carbocycles. The normalized spacial score (nSPS) is 27.2. The molecule has 158 valence electrons. The van der Waals surface area contributed by atoms with Crippen molar-refractivity contribution >= 4 is 14.1 Å². The minimum absolute atomic E-state index is 0.102. The summed E-state index contributed by atoms with van der Waals surface area (Å²) < 4.78 is 18.6. The molecule has 2 aliphatic rings. The first kappa shape index (κ1) is 21.8. The van der Waals surface area contributed by atoms with Gasteiger partial charge in [-0.2, -0.15) is 0 Å². The molecule has 3 heterocycles. The fraction of sp³-hybridized carbons (Fsp3) is 0.783. The maximum absolute atomic E-state index is 12.5. The van der Waals surface area contributed by atoms with E-state index in [4.69, 9.17) is 13.6 Å². The highest BCUT2D eigenvalue weighted by atomic mass is 28.4. The molecule has 1 saturated heterocycles. The maximum Gasteiger partial charge on any atom is 0.192 e. The smallest absolute Gasteiger partial charge is 0.192 e. The van der Waals surface area contributed by atoms with Crippen LogP contribution in [0.2, 0.25) is 18.1 Å². The van der Waals surface area contributed by atoms with Crippen molar-refractivity contribution in [2.24, 2.45) is 11.8 Å². The van der Waals surface area contributed by atoms with Crippen LogP contribution in [0.15, 0.2) is 10.5 Å². The van der Waals surface area contributed by atoms with Crippen molar-refractivity contribution < 1.29 is 18.4 Å². The van der Waals surface area contributed by atoms with Gasteiger partial charge in [0.05, 0.1) is 19.3 Å². The van der Waals surface area contributed by atoms with Crippen LogP contribution in [-0.4, -0.2) is 26.8 Å². The number of aryl methyl sites for hydroxylation is 1. The summed E-state index contributed by atoms with van der Waals surface area (Å²) in [5.74, 6) is 3.02. The standard InChI is InChI=1S/C23H38O4Si/c1-16-10-19-12-17(14-25-19)21(24)8-7-9-22-18(13-20(11-16)27-22)15-26-28(5,6)23(2,3)4/h13,16-17,19H,7-12,14-15H2,1-6H3. The van der Waals surface area contributed by atoms with Gasteiger partial charge < -0.3 is 13.6 Å². The van der Waals surface area contributed by atoms with Crippen LogP contribution < -0.4 is 0 Å². The molecule has 1 aromatic rings. The Morgan fingerprint density at radius 3 is 2.68 bits per heavy atom. The lowest BCUT2D eigenvalue weighted by Crippen LogP contribution is -2.40. The van der Waals surface area contributed by atoms with Gasteiger partial charge in [0.2, 0.25) is 0 Å². The van der Waals surface area contributed by atoms with Crippen LogP contribution in [0.5, 0.6) is 0 Å². The van der Waals surface area contributed by atoms with Gasteiger partial charge in [-0.25, -0.2) is 0 Å². The van der Waals surface area contributed by atoms with Crippen LogP contribution in [0, 0.1) is 11.8 Å². The number of ketones is 1. The summed E-state index contributed by atoms with van der Waals surface area (Å²) in [6.07, 6.45) is 5.32. The highest BCUT2D eigenvalue weighted by Gasteiger charge is 2.37. The zero-order valence-corrected chi connectivity index (χ0v) is 19.6. The molecule has 0 amide bonds. The summed E-state index contributed by atoms with van der Waals surface area (Å²) in [5, 5.41) is 0.191. The van der Waals surface area contributed by atoms with Gasteiger partial charge >= 0.3 is 0 Å². The van der Waals surface area contributed by atoms with Crippen molar-refractivity contribution in [2.75, 3.05) is 6.61 Å². The predicted octanol–water partition coefficient (Wildman–Crippen LogP) is 5.68. The van der Waals surface area contributed by atoms with Crippen molar-refractivity contribution in [3.05, 3.63) is 23.2 Å². The summed E-state index contributed by atoms with van der Waals surface area (Å²) in [5.41, 5.74) is 1.18. The molecule has 0 aromatic carbocycles. The number of ether oxygens (including phenoxy) is 1. The van der Waals surface area contributed by atoms with E-state index in [1.807, 2.05) is 0 Å². The Morgan fingerprint density at radius 1 is 1.21 bits per heavy atom. The van der Waals surface area contributed by atoms with E-state index in [-0.39, 0.29) is 17.1 Å². The zero-order chi connectivity index (χ0) is 20.5. The van der Waals surface area contributed by atoms with Crippen LogP contribution in [0.3, 0.4) is 0 Å². The number of fused-ring (bicyclic) bond motifs is 4. The monoisotopic (exact) mass is 406 g/mol. The van der Waals surface area contributed by atoms with E-state index in [1.165, 1.54) is 5.56 Å². The average Bonchev–Trinajstić information content (AvgIpc) is 3.18. The molecule has 0 N–H and O–H groups in total. The molecule has 3 atom stereocenters. The molecule has 3 unspecified atom stereocenters. The summed E-state index contributed by atoms with van der Waals surface area (Å²) in [6, 6.07) is 2.20. The molecular weight excluding hydrogens is 368 g/mol. The van der Waals surface area contributed by atoms with E-state index in [0.717, 1.165) is 43.6 Å². The Balaban J connectivity index is 1.75. The van der Waals surface area contributed by atoms with E-state index in [1.54, 1.807) is 0 Å². The zero-order valence-electron chi connectivity index (χ0n) is 18.6. The third-order valence-corrected chi connectivity index (χ3v) is 11.4. The van der Waals surface area contributed by atoms with Gasteiger partial charge in [-0.15, -0.1) is 0 Å². The van der Waals surface area contributed by atoms with Gasteiger partial charge in [0, 0.05) is 30.7 Å². The van der Waals surface area contributed by atoms with Crippen molar-refractivity contribution in [3.8, 4) is 0 Å². The molecule has 4 nitrogen and oxygen atoms in total. The molecule has 3 rings (SSSR count). The molecule has 28 heavy (non-hydrogen) atoms. The molecule has 0 radical (unpaired) electrons. The van der Waals surface area contributed by atoms with Crippen LogP contribution >= 0.6 is 0 Å². The third kappa shape index (κ3) is 5.16.